The summed E-state index contributed by atoms with van der Waals surface area (Å²) in [4.78, 5) is 23.8. The van der Waals surface area contributed by atoms with Crippen LogP contribution in [0.1, 0.15) is 43.8 Å². The van der Waals surface area contributed by atoms with Gasteiger partial charge in [0, 0.05) is 6.42 Å². The minimum atomic E-state index is -0.0714. The average molecular weight is 361 g/mol. The molecule has 6 nitrogen and oxygen atoms in total. The molecule has 0 saturated heterocycles. The van der Waals surface area contributed by atoms with Crippen LogP contribution in [0, 0.1) is 5.92 Å². The van der Waals surface area contributed by atoms with Crippen LogP contribution in [0.2, 0.25) is 0 Å². The van der Waals surface area contributed by atoms with Gasteiger partial charge >= 0.3 is 0 Å². The first-order valence-electron chi connectivity index (χ1n) is 8.28. The van der Waals surface area contributed by atoms with Crippen molar-refractivity contribution in [3.63, 3.8) is 0 Å². The predicted molar refractivity (Wildman–Crippen MR) is 96.5 cm³/mol. The Morgan fingerprint density at radius 1 is 1.25 bits per heavy atom. The Labute approximate surface area is 147 Å². The van der Waals surface area contributed by atoms with E-state index in [4.69, 9.17) is 0 Å². The number of aromatic nitrogens is 5. The van der Waals surface area contributed by atoms with Crippen LogP contribution in [0.5, 0.6) is 0 Å². The zero-order chi connectivity index (χ0) is 16.4. The molecule has 1 aliphatic rings. The number of nitrogens with zero attached hydrogens (tertiary/aromatic N) is 3. The number of nitrogens with one attached hydrogen (secondary N) is 2. The Hall–Kier alpha value is -1.67. The maximum atomic E-state index is 12.0. The van der Waals surface area contributed by atoms with Gasteiger partial charge in [-0.1, -0.05) is 37.4 Å². The minimum Gasteiger partial charge on any atom is -0.309 e. The summed E-state index contributed by atoms with van der Waals surface area (Å²) in [6.07, 6.45) is 7.64. The molecule has 1 aliphatic carbocycles. The second-order valence-corrected chi connectivity index (χ2v) is 8.05. The van der Waals surface area contributed by atoms with Gasteiger partial charge in [-0.25, -0.2) is 9.97 Å². The zero-order valence-corrected chi connectivity index (χ0v) is 14.9. The molecular formula is C16H19N5OS2. The largest absolute Gasteiger partial charge is 0.309 e. The van der Waals surface area contributed by atoms with Gasteiger partial charge in [-0.15, -0.1) is 16.4 Å². The number of fused-ring (bicyclic) bond motifs is 1. The molecular weight excluding hydrogens is 342 g/mol. The Bertz CT molecular complexity index is 878. The van der Waals surface area contributed by atoms with Crippen LogP contribution >= 0.6 is 23.1 Å². The van der Waals surface area contributed by atoms with Crippen molar-refractivity contribution >= 4 is 33.3 Å². The zero-order valence-electron chi connectivity index (χ0n) is 13.2. The number of thiophene rings is 1. The summed E-state index contributed by atoms with van der Waals surface area (Å²) in [5, 5.41) is 9.89. The first-order valence-corrected chi connectivity index (χ1v) is 10.1. The molecule has 0 amide bonds. The van der Waals surface area contributed by atoms with Crippen LogP contribution in [0.25, 0.3) is 10.2 Å². The Morgan fingerprint density at radius 3 is 3.00 bits per heavy atom. The third kappa shape index (κ3) is 3.54. The van der Waals surface area contributed by atoms with E-state index in [0.29, 0.717) is 21.4 Å². The topological polar surface area (TPSA) is 87.3 Å². The van der Waals surface area contributed by atoms with Gasteiger partial charge in [0.05, 0.1) is 11.3 Å². The second-order valence-electron chi connectivity index (χ2n) is 6.19. The summed E-state index contributed by atoms with van der Waals surface area (Å²) in [5.41, 5.74) is 0.685. The van der Waals surface area contributed by atoms with Crippen molar-refractivity contribution < 1.29 is 0 Å². The molecule has 24 heavy (non-hydrogen) atoms. The third-order valence-electron chi connectivity index (χ3n) is 4.48. The van der Waals surface area contributed by atoms with E-state index in [1.807, 2.05) is 11.4 Å². The SMILES string of the molecule is O=c1[nH]c(CSc2n[nH]c(CCC3CCCC3)n2)nc2ccsc12. The molecule has 1 fully saturated rings. The monoisotopic (exact) mass is 361 g/mol. The standard InChI is InChI=1S/C16H19N5OS2/c22-15-14-11(7-8-23-14)17-13(18-15)9-24-16-19-12(20-21-16)6-5-10-3-1-2-4-10/h7-8,10H,1-6,9H2,(H,17,18,22)(H,19,20,21). The van der Waals surface area contributed by atoms with Crippen molar-refractivity contribution in [3.8, 4) is 0 Å². The van der Waals surface area contributed by atoms with Crippen LogP contribution < -0.4 is 5.56 Å². The normalized spacial score (nSPS) is 15.5. The van der Waals surface area contributed by atoms with Gasteiger partial charge in [0.2, 0.25) is 5.16 Å². The van der Waals surface area contributed by atoms with Gasteiger partial charge in [-0.05, 0) is 23.8 Å². The van der Waals surface area contributed by atoms with Gasteiger partial charge in [-0.3, -0.25) is 9.89 Å². The van der Waals surface area contributed by atoms with Crippen LogP contribution in [0.15, 0.2) is 21.4 Å². The van der Waals surface area contributed by atoms with Crippen LogP contribution in [0.3, 0.4) is 0 Å². The molecule has 3 aromatic rings. The van der Waals surface area contributed by atoms with Crippen molar-refractivity contribution in [1.82, 2.24) is 25.1 Å². The first kappa shape index (κ1) is 15.8. The number of thioether (sulfide) groups is 1. The number of rotatable bonds is 6. The fourth-order valence-electron chi connectivity index (χ4n) is 3.22. The molecule has 8 heteroatoms. The molecule has 1 saturated carbocycles. The van der Waals surface area contributed by atoms with Crippen LogP contribution in [0.4, 0.5) is 0 Å². The number of aromatic amines is 2. The van der Waals surface area contributed by atoms with Gasteiger partial charge in [0.1, 0.15) is 16.3 Å². The summed E-state index contributed by atoms with van der Waals surface area (Å²) in [7, 11) is 0. The third-order valence-corrected chi connectivity index (χ3v) is 6.24. The Morgan fingerprint density at radius 2 is 2.12 bits per heavy atom. The molecule has 0 aliphatic heterocycles. The van der Waals surface area contributed by atoms with E-state index in [0.717, 1.165) is 23.7 Å². The lowest BCUT2D eigenvalue weighted by Gasteiger charge is -2.05. The highest BCUT2D eigenvalue weighted by atomic mass is 32.2. The highest BCUT2D eigenvalue weighted by Gasteiger charge is 2.15. The molecule has 0 atom stereocenters. The Balaban J connectivity index is 1.35. The van der Waals surface area contributed by atoms with Crippen molar-refractivity contribution in [1.29, 1.82) is 0 Å². The predicted octanol–water partition coefficient (Wildman–Crippen LogP) is 3.52. The van der Waals surface area contributed by atoms with Crippen molar-refractivity contribution in [2.75, 3.05) is 0 Å². The van der Waals surface area contributed by atoms with Crippen molar-refractivity contribution in [2.24, 2.45) is 5.92 Å². The van der Waals surface area contributed by atoms with E-state index < -0.39 is 0 Å². The first-order chi connectivity index (χ1) is 11.8. The van der Waals surface area contributed by atoms with E-state index >= 15 is 0 Å². The maximum Gasteiger partial charge on any atom is 0.268 e. The second kappa shape index (κ2) is 7.06. The molecule has 0 spiro atoms. The van der Waals surface area contributed by atoms with Crippen molar-refractivity contribution in [3.05, 3.63) is 33.4 Å². The molecule has 3 heterocycles. The van der Waals surface area contributed by atoms with E-state index in [1.165, 1.54) is 55.2 Å². The number of hydrogen-bond donors (Lipinski definition) is 2. The van der Waals surface area contributed by atoms with Gasteiger partial charge in [-0.2, -0.15) is 0 Å². The lowest BCUT2D eigenvalue weighted by atomic mass is 10.0. The molecule has 0 radical (unpaired) electrons. The van der Waals surface area contributed by atoms with E-state index in [1.54, 1.807) is 0 Å². The number of H-pyrrole nitrogens is 2. The molecule has 0 aromatic carbocycles. The Kier molecular flexibility index (Phi) is 4.66. The lowest BCUT2D eigenvalue weighted by Crippen LogP contribution is -2.09. The lowest BCUT2D eigenvalue weighted by molar-refractivity contribution is 0.497. The van der Waals surface area contributed by atoms with Crippen LogP contribution in [-0.2, 0) is 12.2 Å². The van der Waals surface area contributed by atoms with Gasteiger partial charge in [0.15, 0.2) is 0 Å². The van der Waals surface area contributed by atoms with E-state index in [9.17, 15) is 4.79 Å². The van der Waals surface area contributed by atoms with Gasteiger partial charge < -0.3 is 4.98 Å². The summed E-state index contributed by atoms with van der Waals surface area (Å²) in [5.74, 6) is 3.03. The fraction of sp³-hybridized carbons (Fsp3) is 0.500. The minimum absolute atomic E-state index is 0.0714. The quantitative estimate of drug-likeness (QED) is 0.656. The molecule has 0 unspecified atom stereocenters. The molecule has 126 valence electrons. The molecule has 4 rings (SSSR count). The smallest absolute Gasteiger partial charge is 0.268 e. The molecule has 3 aromatic heterocycles. The number of hydrogen-bond acceptors (Lipinski definition) is 6. The number of aryl methyl sites for hydroxylation is 1. The van der Waals surface area contributed by atoms with Crippen molar-refractivity contribution in [2.45, 2.75) is 49.4 Å². The average Bonchev–Trinajstić information content (AvgIpc) is 3.32. The van der Waals surface area contributed by atoms with E-state index in [2.05, 4.69) is 25.1 Å². The highest BCUT2D eigenvalue weighted by molar-refractivity contribution is 7.98. The van der Waals surface area contributed by atoms with Crippen LogP contribution in [-0.4, -0.2) is 25.1 Å². The molecule has 0 bridgehead atoms. The molecule has 2 N–H and O–H groups in total. The summed E-state index contributed by atoms with van der Waals surface area (Å²) in [6, 6.07) is 1.87. The fourth-order valence-corrected chi connectivity index (χ4v) is 4.63. The van der Waals surface area contributed by atoms with E-state index in [-0.39, 0.29) is 5.56 Å². The summed E-state index contributed by atoms with van der Waals surface area (Å²) >= 11 is 2.90. The highest BCUT2D eigenvalue weighted by Crippen LogP contribution is 2.28. The summed E-state index contributed by atoms with van der Waals surface area (Å²) in [6.45, 7) is 0. The maximum absolute atomic E-state index is 12.0. The van der Waals surface area contributed by atoms with Gasteiger partial charge in [0.25, 0.3) is 5.56 Å². The summed E-state index contributed by atoms with van der Waals surface area (Å²) < 4.78 is 0.677.